The van der Waals surface area contributed by atoms with Crippen LogP contribution in [0.1, 0.15) is 74.6 Å². The van der Waals surface area contributed by atoms with Crippen LogP contribution in [-0.4, -0.2) is 59.9 Å². The van der Waals surface area contributed by atoms with Crippen LogP contribution in [0.2, 0.25) is 0 Å². The van der Waals surface area contributed by atoms with Crippen molar-refractivity contribution in [3.8, 4) is 12.1 Å². The van der Waals surface area contributed by atoms with Crippen LogP contribution >= 0.6 is 0 Å². The Bertz CT molecular complexity index is 1930. The summed E-state index contributed by atoms with van der Waals surface area (Å²) >= 11 is 0. The topological polar surface area (TPSA) is 125 Å². The Morgan fingerprint density at radius 2 is 1.04 bits per heavy atom. The molecule has 8 aliphatic heterocycles. The zero-order valence-electron chi connectivity index (χ0n) is 29.1. The maximum absolute atomic E-state index is 13.4. The zero-order chi connectivity index (χ0) is 38.4. The molecule has 0 aromatic heterocycles. The van der Waals surface area contributed by atoms with E-state index in [1.807, 2.05) is 13.8 Å². The minimum absolute atomic E-state index is 0.116. The first-order valence-electron chi connectivity index (χ1n) is 17.9. The molecule has 4 bridgehead atoms. The average molecular weight is 757 g/mol. The summed E-state index contributed by atoms with van der Waals surface area (Å²) in [6.45, 7) is 4.64. The Labute approximate surface area is 305 Å². The molecule has 0 N–H and O–H groups in total. The molecule has 10 rings (SSSR count). The van der Waals surface area contributed by atoms with Crippen molar-refractivity contribution in [2.45, 2.75) is 99.6 Å². The second-order valence-corrected chi connectivity index (χ2v) is 16.1. The van der Waals surface area contributed by atoms with Gasteiger partial charge in [0.1, 0.15) is 12.5 Å². The fourth-order valence-corrected chi connectivity index (χ4v) is 11.2. The summed E-state index contributed by atoms with van der Waals surface area (Å²) in [4.78, 5) is 29.2. The lowest BCUT2D eigenvalue weighted by atomic mass is 9.66. The number of nitrogens with zero attached hydrogens (tertiary/aromatic N) is 4. The van der Waals surface area contributed by atoms with Gasteiger partial charge in [0, 0.05) is 36.1 Å². The van der Waals surface area contributed by atoms with Gasteiger partial charge in [0.05, 0.1) is 81.8 Å². The van der Waals surface area contributed by atoms with E-state index in [0.29, 0.717) is 26.1 Å². The lowest BCUT2D eigenvalue weighted by Crippen LogP contribution is -2.51. The van der Waals surface area contributed by atoms with Crippen LogP contribution in [0.15, 0.2) is 36.4 Å². The minimum Gasteiger partial charge on any atom is -0.367 e. The first-order valence-corrected chi connectivity index (χ1v) is 17.9. The van der Waals surface area contributed by atoms with Gasteiger partial charge in [-0.15, -0.1) is 0 Å². The number of hydrogen-bond donors (Lipinski definition) is 0. The van der Waals surface area contributed by atoms with E-state index in [2.05, 4.69) is 0 Å². The van der Waals surface area contributed by atoms with Gasteiger partial charge < -0.3 is 18.9 Å². The third-order valence-electron chi connectivity index (χ3n) is 13.4. The number of benzene rings is 2. The molecule has 2 aromatic carbocycles. The van der Waals surface area contributed by atoms with Crippen molar-refractivity contribution in [2.24, 2.45) is 23.7 Å². The lowest BCUT2D eigenvalue weighted by Gasteiger charge is -2.41. The third-order valence-corrected chi connectivity index (χ3v) is 13.4. The number of halogens is 6. The summed E-state index contributed by atoms with van der Waals surface area (Å²) in [5.41, 5.74) is -4.81. The Balaban J connectivity index is 0.000000142. The van der Waals surface area contributed by atoms with Gasteiger partial charge in [-0.3, -0.25) is 19.4 Å². The molecule has 0 aliphatic carbocycles. The maximum atomic E-state index is 13.4. The van der Waals surface area contributed by atoms with E-state index >= 15 is 0 Å². The molecule has 284 valence electrons. The number of amides is 2. The summed E-state index contributed by atoms with van der Waals surface area (Å²) in [5, 5.41) is 18.0. The Hall–Kier alpha value is -4.22. The van der Waals surface area contributed by atoms with E-state index in [1.165, 1.54) is 21.9 Å². The standard InChI is InChI=1S/2C19H17F3N2O3/c2*1-17-4-5-18(27-17)6-7-26-16-14(18)13(17)15(25)24(16)11-3-2-10(9-23)12(8-11)19(20,21)22/h2*2-3,8,13-14,16H,4-7H2,1H3/t2*13-,14+,16+,17-,18-/m10/s1. The minimum atomic E-state index is -4.68. The summed E-state index contributed by atoms with van der Waals surface area (Å²) < 4.78 is 105. The highest BCUT2D eigenvalue weighted by atomic mass is 19.4. The summed E-state index contributed by atoms with van der Waals surface area (Å²) in [6.07, 6.45) is -6.02. The Kier molecular flexibility index (Phi) is 7.35. The van der Waals surface area contributed by atoms with Gasteiger partial charge in [0.15, 0.2) is 0 Å². The number of carbonyl (C=O) groups is 2. The number of hydrogen-bond acceptors (Lipinski definition) is 8. The molecule has 10 nitrogen and oxygen atoms in total. The van der Waals surface area contributed by atoms with Crippen LogP contribution in [0.3, 0.4) is 0 Å². The lowest BCUT2D eigenvalue weighted by molar-refractivity contribution is -0.141. The number of carbonyl (C=O) groups excluding carboxylic acids is 2. The van der Waals surface area contributed by atoms with E-state index in [0.717, 1.165) is 49.9 Å². The molecule has 8 heterocycles. The molecule has 10 atom stereocenters. The van der Waals surface area contributed by atoms with Gasteiger partial charge >= 0.3 is 12.4 Å². The predicted molar refractivity (Wildman–Crippen MR) is 173 cm³/mol. The van der Waals surface area contributed by atoms with Crippen molar-refractivity contribution in [1.29, 1.82) is 10.5 Å². The van der Waals surface area contributed by atoms with E-state index in [1.54, 1.807) is 12.1 Å². The van der Waals surface area contributed by atoms with Crippen LogP contribution < -0.4 is 9.80 Å². The molecular weight excluding hydrogens is 722 g/mol. The second kappa shape index (κ2) is 11.2. The molecular formula is C38H34F6N4O6. The predicted octanol–water partition coefficient (Wildman–Crippen LogP) is 6.45. The van der Waals surface area contributed by atoms with E-state index in [9.17, 15) is 35.9 Å². The first-order chi connectivity index (χ1) is 25.4. The number of anilines is 2. The quantitative estimate of drug-likeness (QED) is 0.321. The molecule has 2 spiro atoms. The van der Waals surface area contributed by atoms with Crippen LogP contribution in [0.4, 0.5) is 37.7 Å². The fourth-order valence-electron chi connectivity index (χ4n) is 11.2. The van der Waals surface area contributed by atoms with Crippen molar-refractivity contribution in [2.75, 3.05) is 23.0 Å². The van der Waals surface area contributed by atoms with E-state index < -0.39 is 81.3 Å². The van der Waals surface area contributed by atoms with Crippen LogP contribution in [0.5, 0.6) is 0 Å². The molecule has 2 amide bonds. The maximum Gasteiger partial charge on any atom is 0.417 e. The van der Waals surface area contributed by atoms with Crippen LogP contribution in [0.25, 0.3) is 0 Å². The number of ether oxygens (including phenoxy) is 4. The number of fused-ring (bicyclic) bond motifs is 4. The van der Waals surface area contributed by atoms with Gasteiger partial charge in [0.2, 0.25) is 11.8 Å². The molecule has 0 unspecified atom stereocenters. The molecule has 8 aliphatic rings. The molecule has 2 aromatic rings. The van der Waals surface area contributed by atoms with Crippen LogP contribution in [0, 0.1) is 46.3 Å². The monoisotopic (exact) mass is 756 g/mol. The fraction of sp³-hybridized carbons (Fsp3) is 0.579. The Morgan fingerprint density at radius 1 is 0.648 bits per heavy atom. The van der Waals surface area contributed by atoms with Crippen molar-refractivity contribution in [1.82, 2.24) is 0 Å². The first kappa shape index (κ1) is 35.5. The van der Waals surface area contributed by atoms with Crippen molar-refractivity contribution >= 4 is 23.2 Å². The van der Waals surface area contributed by atoms with Crippen molar-refractivity contribution in [3.63, 3.8) is 0 Å². The van der Waals surface area contributed by atoms with Crippen molar-refractivity contribution < 1.29 is 54.9 Å². The molecule has 16 heteroatoms. The third kappa shape index (κ3) is 4.66. The molecule has 0 radical (unpaired) electrons. The molecule has 8 fully saturated rings. The summed E-state index contributed by atoms with van der Waals surface area (Å²) in [5.74, 6) is -1.70. The van der Waals surface area contributed by atoms with E-state index in [-0.39, 0.29) is 35.0 Å². The zero-order valence-corrected chi connectivity index (χ0v) is 29.1. The van der Waals surface area contributed by atoms with Gasteiger partial charge in [-0.2, -0.15) is 36.9 Å². The molecule has 54 heavy (non-hydrogen) atoms. The van der Waals surface area contributed by atoms with Gasteiger partial charge in [-0.05, 0) is 75.9 Å². The number of alkyl halides is 6. The van der Waals surface area contributed by atoms with Gasteiger partial charge in [-0.25, -0.2) is 0 Å². The number of nitriles is 2. The van der Waals surface area contributed by atoms with Gasteiger partial charge in [0.25, 0.3) is 0 Å². The summed E-state index contributed by atoms with van der Waals surface area (Å²) in [7, 11) is 0. The molecule has 8 saturated heterocycles. The smallest absolute Gasteiger partial charge is 0.367 e. The normalized spacial score (nSPS) is 39.6. The highest BCUT2D eigenvalue weighted by Gasteiger charge is 2.76. The Morgan fingerprint density at radius 3 is 1.39 bits per heavy atom. The average Bonchev–Trinajstić information content (AvgIpc) is 3.92. The summed E-state index contributed by atoms with van der Waals surface area (Å²) in [6, 6.07) is 9.92. The number of rotatable bonds is 2. The van der Waals surface area contributed by atoms with E-state index in [4.69, 9.17) is 29.5 Å². The van der Waals surface area contributed by atoms with Crippen molar-refractivity contribution in [3.05, 3.63) is 58.7 Å². The highest BCUT2D eigenvalue weighted by molar-refractivity contribution is 6.00. The second-order valence-electron chi connectivity index (χ2n) is 16.1. The SMILES string of the molecule is C[C@@]12CC[C@]3(CCO[C@H]4[C@@H]3[C@@H]1C(=O)N4c1ccc(C#N)c(C(F)(F)F)c1)O2.C[C@]12CC[C@@]3(CCO[C@@H]4[C@H]3[C@H]1C(=O)N4c1ccc(C#N)c(C(F)(F)F)c1)O2. The van der Waals surface area contributed by atoms with Crippen LogP contribution in [-0.2, 0) is 40.9 Å². The highest BCUT2D eigenvalue weighted by Crippen LogP contribution is 2.66. The molecule has 0 saturated carbocycles. The van der Waals surface area contributed by atoms with Gasteiger partial charge in [-0.1, -0.05) is 0 Å². The largest absolute Gasteiger partial charge is 0.417 e.